The number of aliphatic hydroxyl groups is 1. The van der Waals surface area contributed by atoms with Gasteiger partial charge in [-0.3, -0.25) is 4.68 Å². The van der Waals surface area contributed by atoms with Gasteiger partial charge in [-0.25, -0.2) is 19.0 Å². The third-order valence-corrected chi connectivity index (χ3v) is 6.50. The molecule has 0 amide bonds. The predicted octanol–water partition coefficient (Wildman–Crippen LogP) is 4.34. The Balaban J connectivity index is 1.54. The molecule has 1 saturated carbocycles. The first-order valence-electron chi connectivity index (χ1n) is 11.8. The number of ether oxygens (including phenoxy) is 1. The molecular formula is C26H29FN6O2. The Kier molecular flexibility index (Phi) is 6.10. The first-order chi connectivity index (χ1) is 16.9. The summed E-state index contributed by atoms with van der Waals surface area (Å²) >= 11 is 0. The molecule has 1 atom stereocenters. The fraction of sp³-hybridized carbons (Fsp3) is 0.385. The van der Waals surface area contributed by atoms with Crippen molar-refractivity contribution in [1.82, 2.24) is 29.5 Å². The molecule has 4 aromatic rings. The van der Waals surface area contributed by atoms with Crippen LogP contribution in [0.5, 0.6) is 5.75 Å². The number of methoxy groups -OCH3 is 1. The van der Waals surface area contributed by atoms with E-state index >= 15 is 0 Å². The van der Waals surface area contributed by atoms with E-state index in [2.05, 4.69) is 15.1 Å². The fourth-order valence-electron chi connectivity index (χ4n) is 4.61. The van der Waals surface area contributed by atoms with Gasteiger partial charge in [0.05, 0.1) is 30.3 Å². The van der Waals surface area contributed by atoms with Crippen molar-refractivity contribution in [3.05, 3.63) is 70.8 Å². The quantitative estimate of drug-likeness (QED) is 0.407. The molecule has 0 radical (unpaired) electrons. The average molecular weight is 477 g/mol. The maximum absolute atomic E-state index is 13.5. The van der Waals surface area contributed by atoms with Crippen molar-refractivity contribution in [2.45, 2.75) is 52.7 Å². The fourth-order valence-corrected chi connectivity index (χ4v) is 4.61. The first kappa shape index (κ1) is 23.2. The van der Waals surface area contributed by atoms with E-state index < -0.39 is 6.10 Å². The monoisotopic (exact) mass is 476 g/mol. The van der Waals surface area contributed by atoms with Crippen molar-refractivity contribution in [3.8, 4) is 22.8 Å². The van der Waals surface area contributed by atoms with E-state index in [9.17, 15) is 9.50 Å². The van der Waals surface area contributed by atoms with Crippen molar-refractivity contribution >= 4 is 0 Å². The van der Waals surface area contributed by atoms with Gasteiger partial charge in [-0.2, -0.15) is 10.2 Å². The molecule has 0 saturated heterocycles. The second-order valence-corrected chi connectivity index (χ2v) is 9.18. The lowest BCUT2D eigenvalue weighted by Gasteiger charge is -2.10. The number of aliphatic hydroxyl groups excluding tert-OH is 1. The summed E-state index contributed by atoms with van der Waals surface area (Å²) in [7, 11) is 1.63. The number of benzene rings is 1. The van der Waals surface area contributed by atoms with Crippen molar-refractivity contribution in [3.63, 3.8) is 0 Å². The largest absolute Gasteiger partial charge is 0.492 e. The van der Waals surface area contributed by atoms with Crippen LogP contribution in [0, 0.1) is 25.6 Å². The third-order valence-electron chi connectivity index (χ3n) is 6.50. The molecule has 8 nitrogen and oxygen atoms in total. The van der Waals surface area contributed by atoms with Gasteiger partial charge in [-0.1, -0.05) is 0 Å². The summed E-state index contributed by atoms with van der Waals surface area (Å²) in [5.74, 6) is 1.61. The van der Waals surface area contributed by atoms with E-state index in [0.717, 1.165) is 40.4 Å². The lowest BCUT2D eigenvalue weighted by molar-refractivity contribution is 0.197. The third kappa shape index (κ3) is 4.55. The molecule has 3 heterocycles. The van der Waals surface area contributed by atoms with Crippen molar-refractivity contribution < 1.29 is 14.2 Å². The van der Waals surface area contributed by atoms with Gasteiger partial charge in [0.25, 0.3) is 0 Å². The smallest absolute Gasteiger partial charge is 0.168 e. The standard InChI is InChI=1S/C26H29FN6O2/c1-15-24(17(3)34)16(2)33(30-15)23-12-21(28-14-29-23)11-22-26(35-4)25(19-7-9-20(27)10-8-19)31-32(22)13-18-5-6-18/h7-10,12,14,17-18,34H,5-6,11,13H2,1-4H3. The molecule has 1 N–H and O–H groups in total. The molecule has 0 spiro atoms. The van der Waals surface area contributed by atoms with Crippen LogP contribution in [0.15, 0.2) is 36.7 Å². The Morgan fingerprint density at radius 1 is 1.14 bits per heavy atom. The average Bonchev–Trinajstić information content (AvgIpc) is 3.51. The molecule has 182 valence electrons. The van der Waals surface area contributed by atoms with E-state index in [1.165, 1.54) is 31.3 Å². The highest BCUT2D eigenvalue weighted by atomic mass is 19.1. The molecular weight excluding hydrogens is 447 g/mol. The Labute approximate surface area is 203 Å². The van der Waals surface area contributed by atoms with Gasteiger partial charge in [0, 0.05) is 35.9 Å². The molecule has 1 aromatic carbocycles. The molecule has 1 fully saturated rings. The summed E-state index contributed by atoms with van der Waals surface area (Å²) in [6.45, 7) is 6.34. The zero-order valence-corrected chi connectivity index (χ0v) is 20.4. The maximum atomic E-state index is 13.5. The minimum Gasteiger partial charge on any atom is -0.492 e. The van der Waals surface area contributed by atoms with Gasteiger partial charge >= 0.3 is 0 Å². The van der Waals surface area contributed by atoms with Crippen molar-refractivity contribution in [2.24, 2.45) is 5.92 Å². The topological polar surface area (TPSA) is 90.9 Å². The zero-order valence-electron chi connectivity index (χ0n) is 20.4. The number of hydrogen-bond donors (Lipinski definition) is 1. The van der Waals surface area contributed by atoms with Gasteiger partial charge in [0.15, 0.2) is 11.6 Å². The summed E-state index contributed by atoms with van der Waals surface area (Å²) < 4.78 is 23.1. The van der Waals surface area contributed by atoms with Gasteiger partial charge in [0.1, 0.15) is 17.8 Å². The van der Waals surface area contributed by atoms with Crippen LogP contribution in [0.25, 0.3) is 17.1 Å². The molecule has 9 heteroatoms. The van der Waals surface area contributed by atoms with Gasteiger partial charge < -0.3 is 9.84 Å². The van der Waals surface area contributed by atoms with E-state index in [1.807, 2.05) is 24.6 Å². The lowest BCUT2D eigenvalue weighted by Crippen LogP contribution is -2.10. The molecule has 1 aliphatic carbocycles. The Hall–Kier alpha value is -3.59. The Morgan fingerprint density at radius 3 is 2.51 bits per heavy atom. The van der Waals surface area contributed by atoms with Crippen molar-refractivity contribution in [2.75, 3.05) is 7.11 Å². The normalized spacial score (nSPS) is 14.3. The number of aromatic nitrogens is 6. The van der Waals surface area contributed by atoms with Crippen LogP contribution in [0.1, 0.15) is 54.2 Å². The summed E-state index contributed by atoms with van der Waals surface area (Å²) in [4.78, 5) is 8.94. The lowest BCUT2D eigenvalue weighted by atomic mass is 10.1. The Morgan fingerprint density at radius 2 is 1.89 bits per heavy atom. The van der Waals surface area contributed by atoms with Crippen molar-refractivity contribution in [1.29, 1.82) is 0 Å². The number of nitrogens with zero attached hydrogens (tertiary/aromatic N) is 6. The van der Waals surface area contributed by atoms with Crippen LogP contribution < -0.4 is 4.74 Å². The summed E-state index contributed by atoms with van der Waals surface area (Å²) in [5, 5.41) is 19.6. The van der Waals surface area contributed by atoms with Crippen LogP contribution in [-0.4, -0.2) is 41.7 Å². The molecule has 0 aliphatic heterocycles. The highest BCUT2D eigenvalue weighted by molar-refractivity contribution is 5.68. The van der Waals surface area contributed by atoms with Gasteiger partial charge in [-0.15, -0.1) is 0 Å². The van der Waals surface area contributed by atoms with E-state index in [0.29, 0.717) is 29.6 Å². The molecule has 5 rings (SSSR count). The molecule has 3 aromatic heterocycles. The van der Waals surface area contributed by atoms with Crippen LogP contribution >= 0.6 is 0 Å². The van der Waals surface area contributed by atoms with E-state index in [1.54, 1.807) is 30.8 Å². The first-order valence-corrected chi connectivity index (χ1v) is 11.8. The summed E-state index contributed by atoms with van der Waals surface area (Å²) in [6.07, 6.45) is 3.78. The second-order valence-electron chi connectivity index (χ2n) is 9.18. The van der Waals surface area contributed by atoms with E-state index in [-0.39, 0.29) is 5.82 Å². The van der Waals surface area contributed by atoms with Crippen LogP contribution in [0.3, 0.4) is 0 Å². The predicted molar refractivity (Wildman–Crippen MR) is 129 cm³/mol. The molecule has 1 unspecified atom stereocenters. The minimum absolute atomic E-state index is 0.290. The number of halogens is 1. The Bertz CT molecular complexity index is 1360. The van der Waals surface area contributed by atoms with Crippen LogP contribution in [-0.2, 0) is 13.0 Å². The maximum Gasteiger partial charge on any atom is 0.168 e. The SMILES string of the molecule is COc1c(-c2ccc(F)cc2)nn(CC2CC2)c1Cc1cc(-n2nc(C)c(C(C)O)c2C)ncn1. The van der Waals surface area contributed by atoms with E-state index in [4.69, 9.17) is 9.84 Å². The molecule has 35 heavy (non-hydrogen) atoms. The summed E-state index contributed by atoms with van der Waals surface area (Å²) in [5.41, 5.74) is 5.62. The minimum atomic E-state index is -0.615. The highest BCUT2D eigenvalue weighted by Crippen LogP contribution is 2.37. The van der Waals surface area contributed by atoms with Crippen LogP contribution in [0.2, 0.25) is 0 Å². The van der Waals surface area contributed by atoms with Crippen LogP contribution in [0.4, 0.5) is 4.39 Å². The molecule has 0 bridgehead atoms. The molecule has 1 aliphatic rings. The number of aryl methyl sites for hydroxylation is 1. The van der Waals surface area contributed by atoms with Gasteiger partial charge in [0.2, 0.25) is 0 Å². The summed E-state index contributed by atoms with van der Waals surface area (Å²) in [6, 6.07) is 8.20. The zero-order chi connectivity index (χ0) is 24.7. The number of hydrogen-bond acceptors (Lipinski definition) is 6. The number of rotatable bonds is 8. The van der Waals surface area contributed by atoms with Gasteiger partial charge in [-0.05, 0) is 63.8 Å². The second kappa shape index (κ2) is 9.22. The highest BCUT2D eigenvalue weighted by Gasteiger charge is 2.27.